The number of benzene rings is 2. The van der Waals surface area contributed by atoms with E-state index in [2.05, 4.69) is 46.4 Å². The maximum Gasteiger partial charge on any atom is 0.127 e. The Kier molecular flexibility index (Phi) is 4.33. The van der Waals surface area contributed by atoms with Crippen molar-refractivity contribution in [3.8, 4) is 5.75 Å². The lowest BCUT2D eigenvalue weighted by molar-refractivity contribution is 0.150. The van der Waals surface area contributed by atoms with Gasteiger partial charge in [-0.05, 0) is 61.7 Å². The molecule has 0 aliphatic carbocycles. The van der Waals surface area contributed by atoms with Crippen LogP contribution < -0.4 is 10.2 Å². The summed E-state index contributed by atoms with van der Waals surface area (Å²) >= 11 is 0. The van der Waals surface area contributed by atoms with Crippen LogP contribution in [0.25, 0.3) is 0 Å². The summed E-state index contributed by atoms with van der Waals surface area (Å²) in [6, 6.07) is 11.9. The summed E-state index contributed by atoms with van der Waals surface area (Å²) in [5.41, 5.74) is 4.59. The predicted octanol–water partition coefficient (Wildman–Crippen LogP) is 3.03. The van der Waals surface area contributed by atoms with Gasteiger partial charge in [-0.15, -0.1) is 0 Å². The SMILES string of the molecule is CN1CC2(CCN(CC3Cc4c(F)ccc(O)c4CN3)CC2)c2ccccc21. The number of piperidine rings is 1. The summed E-state index contributed by atoms with van der Waals surface area (Å²) in [5, 5.41) is 13.5. The molecule has 0 aromatic heterocycles. The van der Waals surface area contributed by atoms with Crippen LogP contribution in [0.4, 0.5) is 10.1 Å². The van der Waals surface area contributed by atoms with Crippen molar-refractivity contribution in [2.24, 2.45) is 0 Å². The maximum atomic E-state index is 14.2. The molecule has 28 heavy (non-hydrogen) atoms. The number of likely N-dealkylation sites (N-methyl/N-ethyl adjacent to an activating group) is 1. The van der Waals surface area contributed by atoms with E-state index in [4.69, 9.17) is 0 Å². The van der Waals surface area contributed by atoms with Gasteiger partial charge in [-0.1, -0.05) is 18.2 Å². The van der Waals surface area contributed by atoms with E-state index in [9.17, 15) is 9.50 Å². The molecule has 1 fully saturated rings. The predicted molar refractivity (Wildman–Crippen MR) is 109 cm³/mol. The van der Waals surface area contributed by atoms with Gasteiger partial charge in [0, 0.05) is 49.4 Å². The molecule has 5 rings (SSSR count). The summed E-state index contributed by atoms with van der Waals surface area (Å²) in [6.07, 6.45) is 2.99. The Morgan fingerprint density at radius 1 is 1.14 bits per heavy atom. The summed E-state index contributed by atoms with van der Waals surface area (Å²) in [6.45, 7) is 4.74. The number of nitrogens with zero attached hydrogens (tertiary/aromatic N) is 2. The molecule has 4 nitrogen and oxygen atoms in total. The van der Waals surface area contributed by atoms with E-state index in [0.717, 1.165) is 31.7 Å². The fourth-order valence-electron chi connectivity index (χ4n) is 5.55. The molecule has 1 atom stereocenters. The molecule has 3 heterocycles. The van der Waals surface area contributed by atoms with Crippen molar-refractivity contribution < 1.29 is 9.50 Å². The van der Waals surface area contributed by atoms with Crippen molar-refractivity contribution in [1.82, 2.24) is 10.2 Å². The molecule has 1 saturated heterocycles. The summed E-state index contributed by atoms with van der Waals surface area (Å²) in [4.78, 5) is 4.93. The molecule has 148 valence electrons. The molecule has 0 amide bonds. The Morgan fingerprint density at radius 3 is 2.75 bits per heavy atom. The molecule has 2 aromatic carbocycles. The summed E-state index contributed by atoms with van der Waals surface area (Å²) in [7, 11) is 2.20. The molecule has 0 bridgehead atoms. The van der Waals surface area contributed by atoms with Gasteiger partial charge in [-0.3, -0.25) is 0 Å². The Hall–Kier alpha value is -2.11. The van der Waals surface area contributed by atoms with E-state index in [-0.39, 0.29) is 23.0 Å². The minimum absolute atomic E-state index is 0.192. The van der Waals surface area contributed by atoms with E-state index in [0.29, 0.717) is 18.5 Å². The second kappa shape index (κ2) is 6.75. The first-order chi connectivity index (χ1) is 13.6. The van der Waals surface area contributed by atoms with E-state index in [1.165, 1.54) is 36.2 Å². The van der Waals surface area contributed by atoms with Gasteiger partial charge in [0.05, 0.1) is 0 Å². The van der Waals surface area contributed by atoms with Crippen LogP contribution in [-0.4, -0.2) is 49.3 Å². The number of aromatic hydroxyl groups is 1. The summed E-state index contributed by atoms with van der Waals surface area (Å²) < 4.78 is 14.2. The van der Waals surface area contributed by atoms with Crippen LogP contribution in [0.3, 0.4) is 0 Å². The van der Waals surface area contributed by atoms with Crippen LogP contribution in [-0.2, 0) is 18.4 Å². The zero-order chi connectivity index (χ0) is 19.3. The largest absolute Gasteiger partial charge is 0.508 e. The highest BCUT2D eigenvalue weighted by atomic mass is 19.1. The number of rotatable bonds is 2. The molecule has 2 aromatic rings. The number of nitrogens with one attached hydrogen (secondary N) is 1. The Labute approximate surface area is 166 Å². The third-order valence-corrected chi connectivity index (χ3v) is 7.09. The second-order valence-electron chi connectivity index (χ2n) is 8.76. The first-order valence-corrected chi connectivity index (χ1v) is 10.3. The van der Waals surface area contributed by atoms with Crippen LogP contribution in [0.1, 0.15) is 29.5 Å². The van der Waals surface area contributed by atoms with Gasteiger partial charge in [0.25, 0.3) is 0 Å². The fraction of sp³-hybridized carbons (Fsp3) is 0.478. The van der Waals surface area contributed by atoms with Crippen LogP contribution in [0.5, 0.6) is 5.75 Å². The van der Waals surface area contributed by atoms with Crippen molar-refractivity contribution in [2.75, 3.05) is 38.1 Å². The monoisotopic (exact) mass is 381 g/mol. The first-order valence-electron chi connectivity index (χ1n) is 10.3. The van der Waals surface area contributed by atoms with E-state index >= 15 is 0 Å². The Morgan fingerprint density at radius 2 is 1.93 bits per heavy atom. The molecule has 5 heteroatoms. The normalized spacial score (nSPS) is 23.6. The van der Waals surface area contributed by atoms with Crippen LogP contribution >= 0.6 is 0 Å². The lowest BCUT2D eigenvalue weighted by Crippen LogP contribution is -2.50. The first kappa shape index (κ1) is 18.0. The summed E-state index contributed by atoms with van der Waals surface area (Å²) in [5.74, 6) is 0.00813. The van der Waals surface area contributed by atoms with Gasteiger partial charge in [0.1, 0.15) is 11.6 Å². The van der Waals surface area contributed by atoms with E-state index < -0.39 is 0 Å². The second-order valence-corrected chi connectivity index (χ2v) is 8.76. The molecule has 1 unspecified atom stereocenters. The number of anilines is 1. The third-order valence-electron chi connectivity index (χ3n) is 7.09. The Balaban J connectivity index is 1.25. The van der Waals surface area contributed by atoms with Gasteiger partial charge < -0.3 is 20.2 Å². The molecule has 0 radical (unpaired) electrons. The number of phenolic OH excluding ortho intramolecular Hbond substituents is 1. The number of halogens is 1. The molecule has 1 spiro atoms. The lowest BCUT2D eigenvalue weighted by Gasteiger charge is -2.41. The average Bonchev–Trinajstić information content (AvgIpc) is 2.99. The number of hydrogen-bond acceptors (Lipinski definition) is 4. The van der Waals surface area contributed by atoms with Gasteiger partial charge in [-0.25, -0.2) is 4.39 Å². The smallest absolute Gasteiger partial charge is 0.127 e. The number of phenols is 1. The van der Waals surface area contributed by atoms with Gasteiger partial charge >= 0.3 is 0 Å². The standard InChI is InChI=1S/C23H28FN3O/c1-26-15-23(19-4-2-3-5-21(19)26)8-10-27(11-9-23)14-16-12-17-18(13-25-16)22(28)7-6-20(17)24/h2-7,16,25,28H,8-15H2,1H3. The van der Waals surface area contributed by atoms with Gasteiger partial charge in [-0.2, -0.15) is 0 Å². The zero-order valence-electron chi connectivity index (χ0n) is 16.4. The molecular formula is C23H28FN3O. The zero-order valence-corrected chi connectivity index (χ0v) is 16.4. The fourth-order valence-corrected chi connectivity index (χ4v) is 5.55. The highest BCUT2D eigenvalue weighted by Crippen LogP contribution is 2.46. The van der Waals surface area contributed by atoms with Gasteiger partial charge in [0.2, 0.25) is 0 Å². The number of fused-ring (bicyclic) bond motifs is 3. The van der Waals surface area contributed by atoms with Crippen molar-refractivity contribution >= 4 is 5.69 Å². The van der Waals surface area contributed by atoms with E-state index in [1.54, 1.807) is 0 Å². The average molecular weight is 381 g/mol. The Bertz CT molecular complexity index is 891. The number of para-hydroxylation sites is 1. The van der Waals surface area contributed by atoms with E-state index in [1.807, 2.05) is 0 Å². The van der Waals surface area contributed by atoms with Crippen molar-refractivity contribution in [3.05, 3.63) is 58.9 Å². The highest BCUT2D eigenvalue weighted by molar-refractivity contribution is 5.62. The highest BCUT2D eigenvalue weighted by Gasteiger charge is 2.43. The minimum Gasteiger partial charge on any atom is -0.508 e. The van der Waals surface area contributed by atoms with Crippen LogP contribution in [0.2, 0.25) is 0 Å². The van der Waals surface area contributed by atoms with Crippen molar-refractivity contribution in [3.63, 3.8) is 0 Å². The third kappa shape index (κ3) is 2.88. The van der Waals surface area contributed by atoms with Crippen LogP contribution in [0, 0.1) is 5.82 Å². The topological polar surface area (TPSA) is 38.7 Å². The van der Waals surface area contributed by atoms with Crippen molar-refractivity contribution in [1.29, 1.82) is 0 Å². The molecule has 3 aliphatic rings. The minimum atomic E-state index is -0.192. The molecule has 3 aliphatic heterocycles. The van der Waals surface area contributed by atoms with Crippen molar-refractivity contribution in [2.45, 2.75) is 37.3 Å². The quantitative estimate of drug-likeness (QED) is 0.839. The molecule has 2 N–H and O–H groups in total. The lowest BCUT2D eigenvalue weighted by atomic mass is 9.74. The maximum absolute atomic E-state index is 14.2. The van der Waals surface area contributed by atoms with Gasteiger partial charge in [0.15, 0.2) is 0 Å². The van der Waals surface area contributed by atoms with Crippen LogP contribution in [0.15, 0.2) is 36.4 Å². The number of hydrogen-bond donors (Lipinski definition) is 2. The molecule has 0 saturated carbocycles. The number of likely N-dealkylation sites (tertiary alicyclic amines) is 1. The molecular weight excluding hydrogens is 353 g/mol.